The van der Waals surface area contributed by atoms with Gasteiger partial charge in [-0.2, -0.15) is 0 Å². The fourth-order valence-corrected chi connectivity index (χ4v) is 2.74. The number of carbonyl (C=O) groups is 1. The third-order valence-corrected chi connectivity index (χ3v) is 3.77. The van der Waals surface area contributed by atoms with Gasteiger partial charge >= 0.3 is 0 Å². The molecular weight excluding hydrogens is 330 g/mol. The van der Waals surface area contributed by atoms with E-state index in [9.17, 15) is 4.79 Å². The van der Waals surface area contributed by atoms with E-state index < -0.39 is 0 Å². The van der Waals surface area contributed by atoms with Crippen LogP contribution in [0.15, 0.2) is 41.3 Å². The first-order valence-electron chi connectivity index (χ1n) is 7.19. The average Bonchev–Trinajstić information content (AvgIpc) is 2.86. The lowest BCUT2D eigenvalue weighted by Crippen LogP contribution is -2.31. The Labute approximate surface area is 133 Å². The second kappa shape index (κ2) is 7.41. The lowest BCUT2D eigenvalue weighted by Gasteiger charge is -2.21. The number of aryl methyl sites for hydroxylation is 1. The van der Waals surface area contributed by atoms with Crippen molar-refractivity contribution in [3.63, 3.8) is 0 Å². The highest BCUT2D eigenvalue weighted by Crippen LogP contribution is 2.18. The zero-order chi connectivity index (χ0) is 15.2. The molecule has 2 rings (SSSR count). The number of hydrogen-bond donors (Lipinski definition) is 0. The fraction of sp³-hybridized carbons (Fsp3) is 0.375. The van der Waals surface area contributed by atoms with Gasteiger partial charge in [-0.15, -0.1) is 0 Å². The van der Waals surface area contributed by atoms with Crippen LogP contribution in [0, 0.1) is 0 Å². The maximum atomic E-state index is 12.8. The molecule has 2 aromatic rings. The minimum atomic E-state index is 0.0634. The highest BCUT2D eigenvalue weighted by Gasteiger charge is 2.19. The van der Waals surface area contributed by atoms with E-state index in [1.807, 2.05) is 40.8 Å². The van der Waals surface area contributed by atoms with Gasteiger partial charge in [-0.1, -0.05) is 6.92 Å². The average molecular weight is 350 g/mol. The largest absolute Gasteiger partial charge is 0.342 e. The standard InChI is InChI=1S/C16H20BrN3O/c1-3-9-20-12-14(17)10-15(20)16(21)19(4-2)11-13-5-7-18-8-6-13/h5-8,10,12H,3-4,9,11H2,1-2H3. The predicted molar refractivity (Wildman–Crippen MR) is 87.1 cm³/mol. The number of aromatic nitrogens is 2. The molecule has 0 bridgehead atoms. The second-order valence-corrected chi connectivity index (χ2v) is 5.83. The molecule has 0 saturated heterocycles. The molecular formula is C16H20BrN3O. The molecule has 0 atom stereocenters. The normalized spacial score (nSPS) is 10.6. The zero-order valence-corrected chi connectivity index (χ0v) is 14.0. The van der Waals surface area contributed by atoms with Crippen LogP contribution in [-0.4, -0.2) is 26.9 Å². The number of nitrogens with zero attached hydrogens (tertiary/aromatic N) is 3. The topological polar surface area (TPSA) is 38.1 Å². The Morgan fingerprint density at radius 1 is 1.33 bits per heavy atom. The molecule has 0 saturated carbocycles. The van der Waals surface area contributed by atoms with E-state index in [1.54, 1.807) is 12.4 Å². The van der Waals surface area contributed by atoms with Gasteiger partial charge in [-0.3, -0.25) is 9.78 Å². The van der Waals surface area contributed by atoms with Crippen molar-refractivity contribution in [3.05, 3.63) is 52.5 Å². The summed E-state index contributed by atoms with van der Waals surface area (Å²) in [5.41, 5.74) is 1.83. The summed E-state index contributed by atoms with van der Waals surface area (Å²) in [6.45, 7) is 6.24. The van der Waals surface area contributed by atoms with Crippen molar-refractivity contribution in [1.82, 2.24) is 14.5 Å². The Kier molecular flexibility index (Phi) is 5.56. The molecule has 0 aliphatic carbocycles. The van der Waals surface area contributed by atoms with Crippen molar-refractivity contribution in [1.29, 1.82) is 0 Å². The Morgan fingerprint density at radius 3 is 2.67 bits per heavy atom. The second-order valence-electron chi connectivity index (χ2n) is 4.91. The van der Waals surface area contributed by atoms with Gasteiger partial charge in [0.15, 0.2) is 0 Å². The molecule has 0 fully saturated rings. The van der Waals surface area contributed by atoms with Crippen molar-refractivity contribution < 1.29 is 4.79 Å². The zero-order valence-electron chi connectivity index (χ0n) is 12.4. The first-order chi connectivity index (χ1) is 10.2. The maximum Gasteiger partial charge on any atom is 0.270 e. The number of amides is 1. The summed E-state index contributed by atoms with van der Waals surface area (Å²) in [5.74, 6) is 0.0634. The number of halogens is 1. The minimum absolute atomic E-state index is 0.0634. The lowest BCUT2D eigenvalue weighted by molar-refractivity contribution is 0.0741. The van der Waals surface area contributed by atoms with Crippen molar-refractivity contribution in [2.45, 2.75) is 33.4 Å². The Morgan fingerprint density at radius 2 is 2.05 bits per heavy atom. The summed E-state index contributed by atoms with van der Waals surface area (Å²) in [7, 11) is 0. The predicted octanol–water partition coefficient (Wildman–Crippen LogP) is 3.72. The summed E-state index contributed by atoms with van der Waals surface area (Å²) in [6.07, 6.45) is 6.48. The molecule has 2 aromatic heterocycles. The van der Waals surface area contributed by atoms with Crippen molar-refractivity contribution in [2.75, 3.05) is 6.54 Å². The van der Waals surface area contributed by atoms with E-state index in [0.717, 1.165) is 28.7 Å². The molecule has 5 heteroatoms. The van der Waals surface area contributed by atoms with Crippen LogP contribution in [0.3, 0.4) is 0 Å². The molecule has 0 N–H and O–H groups in total. The van der Waals surface area contributed by atoms with Crippen LogP contribution in [0.4, 0.5) is 0 Å². The number of carbonyl (C=O) groups excluding carboxylic acids is 1. The van der Waals surface area contributed by atoms with Gasteiger partial charge in [-0.25, -0.2) is 0 Å². The van der Waals surface area contributed by atoms with Crippen LogP contribution in [-0.2, 0) is 13.1 Å². The van der Waals surface area contributed by atoms with Crippen LogP contribution >= 0.6 is 15.9 Å². The first-order valence-corrected chi connectivity index (χ1v) is 7.98. The van der Waals surface area contributed by atoms with E-state index in [0.29, 0.717) is 13.1 Å². The monoisotopic (exact) mass is 349 g/mol. The van der Waals surface area contributed by atoms with E-state index in [1.165, 1.54) is 0 Å². The van der Waals surface area contributed by atoms with E-state index in [4.69, 9.17) is 0 Å². The van der Waals surface area contributed by atoms with Crippen LogP contribution < -0.4 is 0 Å². The molecule has 0 aliphatic heterocycles. The first kappa shape index (κ1) is 15.8. The molecule has 112 valence electrons. The summed E-state index contributed by atoms with van der Waals surface area (Å²) in [4.78, 5) is 18.6. The Hall–Kier alpha value is -1.62. The van der Waals surface area contributed by atoms with Crippen LogP contribution in [0.2, 0.25) is 0 Å². The number of pyridine rings is 1. The SMILES string of the molecule is CCCn1cc(Br)cc1C(=O)N(CC)Cc1ccncc1. The van der Waals surface area contributed by atoms with Gasteiger partial charge in [0.05, 0.1) is 0 Å². The third-order valence-electron chi connectivity index (χ3n) is 3.34. The summed E-state index contributed by atoms with van der Waals surface area (Å²) >= 11 is 3.46. The highest BCUT2D eigenvalue weighted by atomic mass is 79.9. The lowest BCUT2D eigenvalue weighted by atomic mass is 10.2. The van der Waals surface area contributed by atoms with Crippen LogP contribution in [0.5, 0.6) is 0 Å². The van der Waals surface area contributed by atoms with Crippen molar-refractivity contribution >= 4 is 21.8 Å². The van der Waals surface area contributed by atoms with Crippen LogP contribution in [0.1, 0.15) is 36.3 Å². The molecule has 0 radical (unpaired) electrons. The molecule has 0 unspecified atom stereocenters. The minimum Gasteiger partial charge on any atom is -0.342 e. The summed E-state index contributed by atoms with van der Waals surface area (Å²) in [5, 5.41) is 0. The van der Waals surface area contributed by atoms with E-state index in [2.05, 4.69) is 27.8 Å². The van der Waals surface area contributed by atoms with Crippen molar-refractivity contribution in [2.24, 2.45) is 0 Å². The fourth-order valence-electron chi connectivity index (χ4n) is 2.28. The Balaban J connectivity index is 2.20. The van der Waals surface area contributed by atoms with Crippen molar-refractivity contribution in [3.8, 4) is 0 Å². The number of hydrogen-bond acceptors (Lipinski definition) is 2. The van der Waals surface area contributed by atoms with Gasteiger partial charge in [-0.05, 0) is 53.0 Å². The third kappa shape index (κ3) is 3.94. The van der Waals surface area contributed by atoms with E-state index >= 15 is 0 Å². The quantitative estimate of drug-likeness (QED) is 0.796. The maximum absolute atomic E-state index is 12.8. The molecule has 0 aliphatic rings. The van der Waals surface area contributed by atoms with E-state index in [-0.39, 0.29) is 5.91 Å². The summed E-state index contributed by atoms with van der Waals surface area (Å²) in [6, 6.07) is 5.78. The smallest absolute Gasteiger partial charge is 0.270 e. The van der Waals surface area contributed by atoms with Crippen LogP contribution in [0.25, 0.3) is 0 Å². The molecule has 1 amide bonds. The molecule has 0 aromatic carbocycles. The van der Waals surface area contributed by atoms with Gasteiger partial charge in [0.2, 0.25) is 0 Å². The molecule has 4 nitrogen and oxygen atoms in total. The van der Waals surface area contributed by atoms with Gasteiger partial charge in [0, 0.05) is 42.7 Å². The molecule has 21 heavy (non-hydrogen) atoms. The number of rotatable bonds is 6. The highest BCUT2D eigenvalue weighted by molar-refractivity contribution is 9.10. The van der Waals surface area contributed by atoms with Gasteiger partial charge in [0.1, 0.15) is 5.69 Å². The van der Waals surface area contributed by atoms with Gasteiger partial charge in [0.25, 0.3) is 5.91 Å². The molecule has 2 heterocycles. The molecule has 0 spiro atoms. The van der Waals surface area contributed by atoms with Gasteiger partial charge < -0.3 is 9.47 Å². The Bertz CT molecular complexity index is 595. The summed E-state index contributed by atoms with van der Waals surface area (Å²) < 4.78 is 2.96.